The van der Waals surface area contributed by atoms with Gasteiger partial charge in [0, 0.05) is 20.1 Å². The molecule has 0 aliphatic heterocycles. The molecule has 1 aliphatic carbocycles. The molecule has 0 atom stereocenters. The topological polar surface area (TPSA) is 46.3 Å². The van der Waals surface area contributed by atoms with Gasteiger partial charge in [0.1, 0.15) is 0 Å². The zero-order valence-electron chi connectivity index (χ0n) is 10.8. The normalized spacial score (nSPS) is 20.2. The van der Waals surface area contributed by atoms with Gasteiger partial charge in [0.15, 0.2) is 0 Å². The van der Waals surface area contributed by atoms with Crippen LogP contribution in [0.1, 0.15) is 51.9 Å². The Labute approximate surface area is 99.4 Å². The Hall–Kier alpha value is -0.570. The van der Waals surface area contributed by atoms with E-state index in [0.717, 1.165) is 38.6 Å². The van der Waals surface area contributed by atoms with Crippen LogP contribution in [0.5, 0.6) is 0 Å². The standard InChI is InChI=1S/C13H26N2O/c1-3-10-15(2)12(16)13(11-14)8-6-4-5-7-9-13/h3-11,14H2,1-2H3. The second-order valence-corrected chi connectivity index (χ2v) is 5.13. The van der Waals surface area contributed by atoms with E-state index in [1.807, 2.05) is 11.9 Å². The van der Waals surface area contributed by atoms with Gasteiger partial charge in [0.05, 0.1) is 5.41 Å². The van der Waals surface area contributed by atoms with Crippen LogP contribution in [-0.4, -0.2) is 30.9 Å². The number of carbonyl (C=O) groups excluding carboxylic acids is 1. The zero-order chi connectivity index (χ0) is 12.0. The van der Waals surface area contributed by atoms with Crippen molar-refractivity contribution in [2.45, 2.75) is 51.9 Å². The summed E-state index contributed by atoms with van der Waals surface area (Å²) in [6.45, 7) is 3.46. The van der Waals surface area contributed by atoms with Crippen molar-refractivity contribution >= 4 is 5.91 Å². The summed E-state index contributed by atoms with van der Waals surface area (Å²) in [6, 6.07) is 0. The lowest BCUT2D eigenvalue weighted by Crippen LogP contribution is -2.46. The van der Waals surface area contributed by atoms with Crippen LogP contribution >= 0.6 is 0 Å². The van der Waals surface area contributed by atoms with Crippen LogP contribution in [-0.2, 0) is 4.79 Å². The molecule has 0 bridgehead atoms. The highest BCUT2D eigenvalue weighted by Crippen LogP contribution is 2.35. The van der Waals surface area contributed by atoms with Gasteiger partial charge in [-0.3, -0.25) is 4.79 Å². The third-order valence-electron chi connectivity index (χ3n) is 3.81. The molecule has 0 aromatic carbocycles. The average Bonchev–Trinajstić information content (AvgIpc) is 2.54. The minimum absolute atomic E-state index is 0.250. The molecule has 0 unspecified atom stereocenters. The Morgan fingerprint density at radius 1 is 1.25 bits per heavy atom. The third-order valence-corrected chi connectivity index (χ3v) is 3.81. The Bertz CT molecular complexity index is 220. The Balaban J connectivity index is 2.72. The van der Waals surface area contributed by atoms with Crippen molar-refractivity contribution in [3.63, 3.8) is 0 Å². The molecule has 0 aromatic rings. The molecule has 2 N–H and O–H groups in total. The van der Waals surface area contributed by atoms with Crippen molar-refractivity contribution in [2.24, 2.45) is 11.1 Å². The van der Waals surface area contributed by atoms with E-state index in [2.05, 4.69) is 6.92 Å². The Morgan fingerprint density at radius 2 is 1.81 bits per heavy atom. The van der Waals surface area contributed by atoms with Gasteiger partial charge in [-0.05, 0) is 19.3 Å². The minimum Gasteiger partial charge on any atom is -0.345 e. The number of hydrogen-bond acceptors (Lipinski definition) is 2. The van der Waals surface area contributed by atoms with Gasteiger partial charge in [0.2, 0.25) is 5.91 Å². The number of amides is 1. The fourth-order valence-corrected chi connectivity index (χ4v) is 2.75. The van der Waals surface area contributed by atoms with Gasteiger partial charge in [-0.2, -0.15) is 0 Å². The smallest absolute Gasteiger partial charge is 0.229 e. The molecular weight excluding hydrogens is 200 g/mol. The molecule has 0 spiro atoms. The van der Waals surface area contributed by atoms with Crippen LogP contribution < -0.4 is 5.73 Å². The first-order chi connectivity index (χ1) is 7.66. The second kappa shape index (κ2) is 6.24. The van der Waals surface area contributed by atoms with Crippen molar-refractivity contribution in [1.29, 1.82) is 0 Å². The molecule has 1 rings (SSSR count). The van der Waals surface area contributed by atoms with E-state index in [1.54, 1.807) is 0 Å². The summed E-state index contributed by atoms with van der Waals surface area (Å²) in [5.41, 5.74) is 5.65. The number of carbonyl (C=O) groups is 1. The second-order valence-electron chi connectivity index (χ2n) is 5.13. The van der Waals surface area contributed by atoms with Crippen LogP contribution in [0.2, 0.25) is 0 Å². The van der Waals surface area contributed by atoms with Crippen molar-refractivity contribution in [2.75, 3.05) is 20.1 Å². The molecule has 3 nitrogen and oxygen atoms in total. The van der Waals surface area contributed by atoms with E-state index in [0.29, 0.717) is 6.54 Å². The first-order valence-corrected chi connectivity index (χ1v) is 6.62. The molecule has 1 saturated carbocycles. The molecule has 94 valence electrons. The molecular formula is C13H26N2O. The highest BCUT2D eigenvalue weighted by atomic mass is 16.2. The average molecular weight is 226 g/mol. The van der Waals surface area contributed by atoms with Gasteiger partial charge in [-0.1, -0.05) is 32.6 Å². The first kappa shape index (κ1) is 13.5. The maximum Gasteiger partial charge on any atom is 0.229 e. The van der Waals surface area contributed by atoms with E-state index >= 15 is 0 Å². The SMILES string of the molecule is CCCN(C)C(=O)C1(CN)CCCCCC1. The molecule has 0 heterocycles. The maximum absolute atomic E-state index is 12.4. The number of nitrogens with zero attached hydrogens (tertiary/aromatic N) is 1. The lowest BCUT2D eigenvalue weighted by molar-refractivity contribution is -0.141. The zero-order valence-corrected chi connectivity index (χ0v) is 10.8. The largest absolute Gasteiger partial charge is 0.345 e. The van der Waals surface area contributed by atoms with E-state index in [-0.39, 0.29) is 11.3 Å². The van der Waals surface area contributed by atoms with E-state index < -0.39 is 0 Å². The summed E-state index contributed by atoms with van der Waals surface area (Å²) in [6.07, 6.45) is 7.81. The predicted molar refractivity (Wildman–Crippen MR) is 67.1 cm³/mol. The molecule has 0 aromatic heterocycles. The van der Waals surface area contributed by atoms with E-state index in [4.69, 9.17) is 5.73 Å². The number of rotatable bonds is 4. The van der Waals surface area contributed by atoms with Gasteiger partial charge < -0.3 is 10.6 Å². The van der Waals surface area contributed by atoms with Crippen molar-refractivity contribution in [3.05, 3.63) is 0 Å². The molecule has 1 aliphatic rings. The van der Waals surface area contributed by atoms with Gasteiger partial charge >= 0.3 is 0 Å². The minimum atomic E-state index is -0.250. The number of nitrogens with two attached hydrogens (primary N) is 1. The molecule has 0 saturated heterocycles. The van der Waals surface area contributed by atoms with Crippen molar-refractivity contribution in [1.82, 2.24) is 4.90 Å². The summed E-state index contributed by atoms with van der Waals surface area (Å²) in [4.78, 5) is 14.3. The lowest BCUT2D eigenvalue weighted by atomic mass is 9.79. The van der Waals surface area contributed by atoms with Crippen LogP contribution in [0.3, 0.4) is 0 Å². The quantitative estimate of drug-likeness (QED) is 0.747. The fourth-order valence-electron chi connectivity index (χ4n) is 2.75. The highest BCUT2D eigenvalue weighted by Gasteiger charge is 2.38. The van der Waals surface area contributed by atoms with E-state index in [1.165, 1.54) is 12.8 Å². The monoisotopic (exact) mass is 226 g/mol. The maximum atomic E-state index is 12.4. The lowest BCUT2D eigenvalue weighted by Gasteiger charge is -2.34. The van der Waals surface area contributed by atoms with Gasteiger partial charge in [-0.15, -0.1) is 0 Å². The summed E-state index contributed by atoms with van der Waals surface area (Å²) >= 11 is 0. The van der Waals surface area contributed by atoms with Crippen molar-refractivity contribution < 1.29 is 4.79 Å². The van der Waals surface area contributed by atoms with E-state index in [9.17, 15) is 4.79 Å². The highest BCUT2D eigenvalue weighted by molar-refractivity contribution is 5.82. The summed E-state index contributed by atoms with van der Waals surface area (Å²) in [5, 5.41) is 0. The fraction of sp³-hybridized carbons (Fsp3) is 0.923. The number of hydrogen-bond donors (Lipinski definition) is 1. The molecule has 0 radical (unpaired) electrons. The summed E-state index contributed by atoms with van der Waals surface area (Å²) in [5.74, 6) is 0.277. The third kappa shape index (κ3) is 2.97. The first-order valence-electron chi connectivity index (χ1n) is 6.62. The van der Waals surface area contributed by atoms with Crippen molar-refractivity contribution in [3.8, 4) is 0 Å². The van der Waals surface area contributed by atoms with Crippen LogP contribution in [0.25, 0.3) is 0 Å². The molecule has 16 heavy (non-hydrogen) atoms. The van der Waals surface area contributed by atoms with Gasteiger partial charge in [0.25, 0.3) is 0 Å². The predicted octanol–water partition coefficient (Wildman–Crippen LogP) is 2.15. The molecule has 1 amide bonds. The molecule has 1 fully saturated rings. The Kier molecular flexibility index (Phi) is 5.26. The van der Waals surface area contributed by atoms with Crippen LogP contribution in [0.15, 0.2) is 0 Å². The summed E-state index contributed by atoms with van der Waals surface area (Å²) < 4.78 is 0. The Morgan fingerprint density at radius 3 is 2.25 bits per heavy atom. The van der Waals surface area contributed by atoms with Gasteiger partial charge in [-0.25, -0.2) is 0 Å². The van der Waals surface area contributed by atoms with Crippen LogP contribution in [0.4, 0.5) is 0 Å². The summed E-state index contributed by atoms with van der Waals surface area (Å²) in [7, 11) is 1.91. The van der Waals surface area contributed by atoms with Crippen LogP contribution in [0, 0.1) is 5.41 Å². The molecule has 3 heteroatoms.